The smallest absolute Gasteiger partial charge is 0.268 e. The molecule has 2 N–H and O–H groups in total. The number of para-hydroxylation sites is 1. The van der Waals surface area contributed by atoms with E-state index in [9.17, 15) is 4.79 Å². The number of rotatable bonds is 2. The summed E-state index contributed by atoms with van der Waals surface area (Å²) in [4.78, 5) is 15.5. The van der Waals surface area contributed by atoms with Gasteiger partial charge in [-0.1, -0.05) is 18.2 Å². The zero-order valence-electron chi connectivity index (χ0n) is 11.2. The Balaban J connectivity index is 1.84. The Bertz CT molecular complexity index is 586. The van der Waals surface area contributed by atoms with Gasteiger partial charge in [-0.25, -0.2) is 0 Å². The molecular formula is C15H18N2O2. The standard InChI is InChI=1S/C15H18N2O2/c1-10-15(2,7-8-19-10)17-14(18)13-9-11-5-3-4-6-12(11)16-13/h3-6,9-10,16H,7-8H2,1-2H3,(H,17,18). The van der Waals surface area contributed by atoms with Gasteiger partial charge in [0.15, 0.2) is 0 Å². The van der Waals surface area contributed by atoms with Gasteiger partial charge in [-0.3, -0.25) is 4.79 Å². The third-order valence-corrected chi connectivity index (χ3v) is 4.06. The second kappa shape index (κ2) is 4.38. The van der Waals surface area contributed by atoms with Crippen LogP contribution in [0, 0.1) is 0 Å². The Hall–Kier alpha value is -1.81. The summed E-state index contributed by atoms with van der Waals surface area (Å²) in [6.45, 7) is 4.73. The molecule has 1 fully saturated rings. The average molecular weight is 258 g/mol. The first-order valence-corrected chi connectivity index (χ1v) is 6.60. The number of aromatic nitrogens is 1. The summed E-state index contributed by atoms with van der Waals surface area (Å²) in [5, 5.41) is 4.14. The summed E-state index contributed by atoms with van der Waals surface area (Å²) in [7, 11) is 0. The van der Waals surface area contributed by atoms with Crippen LogP contribution in [-0.4, -0.2) is 29.1 Å². The van der Waals surface area contributed by atoms with Crippen LogP contribution in [0.2, 0.25) is 0 Å². The first-order valence-electron chi connectivity index (χ1n) is 6.60. The summed E-state index contributed by atoms with van der Waals surface area (Å²) < 4.78 is 5.54. The minimum atomic E-state index is -0.283. The van der Waals surface area contributed by atoms with Crippen LogP contribution >= 0.6 is 0 Å². The lowest BCUT2D eigenvalue weighted by atomic mass is 9.94. The number of carbonyl (C=O) groups is 1. The van der Waals surface area contributed by atoms with Crippen molar-refractivity contribution in [2.75, 3.05) is 6.61 Å². The van der Waals surface area contributed by atoms with Gasteiger partial charge in [0.1, 0.15) is 5.69 Å². The van der Waals surface area contributed by atoms with Crippen molar-refractivity contribution >= 4 is 16.8 Å². The van der Waals surface area contributed by atoms with E-state index in [1.807, 2.05) is 44.2 Å². The van der Waals surface area contributed by atoms with Gasteiger partial charge in [-0.15, -0.1) is 0 Å². The summed E-state index contributed by atoms with van der Waals surface area (Å²) in [5.74, 6) is -0.0731. The number of H-pyrrole nitrogens is 1. The molecular weight excluding hydrogens is 240 g/mol. The molecule has 1 amide bonds. The molecule has 0 spiro atoms. The molecule has 19 heavy (non-hydrogen) atoms. The van der Waals surface area contributed by atoms with Crippen molar-refractivity contribution in [1.82, 2.24) is 10.3 Å². The number of hydrogen-bond acceptors (Lipinski definition) is 2. The normalized spacial score (nSPS) is 26.7. The fraction of sp³-hybridized carbons (Fsp3) is 0.400. The number of amides is 1. The van der Waals surface area contributed by atoms with E-state index in [2.05, 4.69) is 10.3 Å². The topological polar surface area (TPSA) is 54.1 Å². The highest BCUT2D eigenvalue weighted by Gasteiger charge is 2.38. The van der Waals surface area contributed by atoms with Crippen molar-refractivity contribution in [3.63, 3.8) is 0 Å². The van der Waals surface area contributed by atoms with Crippen LogP contribution in [0.1, 0.15) is 30.8 Å². The van der Waals surface area contributed by atoms with Crippen LogP contribution in [0.3, 0.4) is 0 Å². The molecule has 0 radical (unpaired) electrons. The molecule has 2 heterocycles. The van der Waals surface area contributed by atoms with Gasteiger partial charge in [-0.2, -0.15) is 0 Å². The van der Waals surface area contributed by atoms with Crippen LogP contribution in [0.4, 0.5) is 0 Å². The fourth-order valence-electron chi connectivity index (χ4n) is 2.52. The number of fused-ring (bicyclic) bond motifs is 1. The Kier molecular flexibility index (Phi) is 2.82. The average Bonchev–Trinajstić information content (AvgIpc) is 2.94. The van der Waals surface area contributed by atoms with E-state index in [0.717, 1.165) is 17.3 Å². The van der Waals surface area contributed by atoms with Gasteiger partial charge in [-0.05, 0) is 32.4 Å². The lowest BCUT2D eigenvalue weighted by molar-refractivity contribution is 0.0724. The molecule has 3 rings (SSSR count). The lowest BCUT2D eigenvalue weighted by Crippen LogP contribution is -2.50. The largest absolute Gasteiger partial charge is 0.376 e. The fourth-order valence-corrected chi connectivity index (χ4v) is 2.52. The number of ether oxygens (including phenoxy) is 1. The second-order valence-corrected chi connectivity index (χ2v) is 5.40. The molecule has 2 unspecified atom stereocenters. The highest BCUT2D eigenvalue weighted by Crippen LogP contribution is 2.25. The number of benzene rings is 1. The zero-order valence-corrected chi connectivity index (χ0v) is 11.2. The van der Waals surface area contributed by atoms with Crippen LogP contribution in [0.5, 0.6) is 0 Å². The van der Waals surface area contributed by atoms with Gasteiger partial charge < -0.3 is 15.0 Å². The van der Waals surface area contributed by atoms with Gasteiger partial charge >= 0.3 is 0 Å². The molecule has 1 saturated heterocycles. The summed E-state index contributed by atoms with van der Waals surface area (Å²) in [6, 6.07) is 9.76. The summed E-state index contributed by atoms with van der Waals surface area (Å²) in [5.41, 5.74) is 1.30. The highest BCUT2D eigenvalue weighted by atomic mass is 16.5. The van der Waals surface area contributed by atoms with E-state index in [0.29, 0.717) is 12.3 Å². The van der Waals surface area contributed by atoms with Gasteiger partial charge in [0.25, 0.3) is 5.91 Å². The van der Waals surface area contributed by atoms with Crippen LogP contribution in [0.25, 0.3) is 10.9 Å². The third kappa shape index (κ3) is 2.12. The Labute approximate surface area is 112 Å². The molecule has 1 aromatic carbocycles. The first-order chi connectivity index (χ1) is 9.08. The van der Waals surface area contributed by atoms with Crippen molar-refractivity contribution in [1.29, 1.82) is 0 Å². The summed E-state index contributed by atoms with van der Waals surface area (Å²) >= 11 is 0. The second-order valence-electron chi connectivity index (χ2n) is 5.40. The molecule has 1 aromatic heterocycles. The van der Waals surface area contributed by atoms with Crippen LogP contribution in [0.15, 0.2) is 30.3 Å². The van der Waals surface area contributed by atoms with E-state index in [1.165, 1.54) is 0 Å². The number of hydrogen-bond donors (Lipinski definition) is 2. The van der Waals surface area contributed by atoms with E-state index in [4.69, 9.17) is 4.74 Å². The number of aromatic amines is 1. The SMILES string of the molecule is CC1OCCC1(C)NC(=O)c1cc2ccccc2[nH]1. The Morgan fingerprint density at radius 1 is 1.47 bits per heavy atom. The van der Waals surface area contributed by atoms with E-state index < -0.39 is 0 Å². The highest BCUT2D eigenvalue weighted by molar-refractivity contribution is 5.98. The Morgan fingerprint density at radius 2 is 2.26 bits per heavy atom. The molecule has 0 bridgehead atoms. The maximum absolute atomic E-state index is 12.3. The van der Waals surface area contributed by atoms with E-state index in [-0.39, 0.29) is 17.6 Å². The van der Waals surface area contributed by atoms with Crippen LogP contribution in [-0.2, 0) is 4.74 Å². The van der Waals surface area contributed by atoms with Gasteiger partial charge in [0.05, 0.1) is 11.6 Å². The minimum Gasteiger partial charge on any atom is -0.376 e. The minimum absolute atomic E-state index is 0.0424. The van der Waals surface area contributed by atoms with E-state index in [1.54, 1.807) is 0 Å². The van der Waals surface area contributed by atoms with Crippen molar-refractivity contribution in [3.8, 4) is 0 Å². The molecule has 0 saturated carbocycles. The molecule has 2 aromatic rings. The lowest BCUT2D eigenvalue weighted by Gasteiger charge is -2.28. The Morgan fingerprint density at radius 3 is 2.95 bits per heavy atom. The summed E-state index contributed by atoms with van der Waals surface area (Å²) in [6.07, 6.45) is 0.890. The number of nitrogens with one attached hydrogen (secondary N) is 2. The quantitative estimate of drug-likeness (QED) is 0.869. The van der Waals surface area contributed by atoms with Gasteiger partial charge in [0, 0.05) is 17.5 Å². The predicted molar refractivity (Wildman–Crippen MR) is 74.2 cm³/mol. The third-order valence-electron chi connectivity index (χ3n) is 4.06. The molecule has 0 aliphatic carbocycles. The molecule has 1 aliphatic heterocycles. The maximum atomic E-state index is 12.3. The maximum Gasteiger partial charge on any atom is 0.268 e. The molecule has 4 heteroatoms. The monoisotopic (exact) mass is 258 g/mol. The zero-order chi connectivity index (χ0) is 13.5. The molecule has 1 aliphatic rings. The molecule has 2 atom stereocenters. The van der Waals surface area contributed by atoms with Crippen molar-refractivity contribution in [3.05, 3.63) is 36.0 Å². The first kappa shape index (κ1) is 12.2. The van der Waals surface area contributed by atoms with E-state index >= 15 is 0 Å². The van der Waals surface area contributed by atoms with Crippen molar-refractivity contribution in [2.24, 2.45) is 0 Å². The van der Waals surface area contributed by atoms with Crippen molar-refractivity contribution < 1.29 is 9.53 Å². The predicted octanol–water partition coefficient (Wildman–Crippen LogP) is 2.47. The van der Waals surface area contributed by atoms with Gasteiger partial charge in [0.2, 0.25) is 0 Å². The van der Waals surface area contributed by atoms with Crippen molar-refractivity contribution in [2.45, 2.75) is 31.9 Å². The number of carbonyl (C=O) groups excluding carboxylic acids is 1. The molecule has 4 nitrogen and oxygen atoms in total. The molecule has 100 valence electrons. The van der Waals surface area contributed by atoms with Crippen LogP contribution < -0.4 is 5.32 Å².